The number of thioether (sulfide) groups is 1. The van der Waals surface area contributed by atoms with Crippen molar-refractivity contribution in [3.05, 3.63) is 35.2 Å². The SMILES string of the molecule is Cc1ccc(-n2nc3c(c2O)CSC3)nc1. The fourth-order valence-corrected chi connectivity index (χ4v) is 2.77. The maximum Gasteiger partial charge on any atom is 0.220 e. The minimum absolute atomic E-state index is 0.233. The number of aromatic hydroxyl groups is 1. The highest BCUT2D eigenvalue weighted by molar-refractivity contribution is 7.98. The molecule has 0 atom stereocenters. The highest BCUT2D eigenvalue weighted by Crippen LogP contribution is 2.36. The molecule has 16 heavy (non-hydrogen) atoms. The first kappa shape index (κ1) is 9.72. The number of fused-ring (bicyclic) bond motifs is 1. The fourth-order valence-electron chi connectivity index (χ4n) is 1.74. The number of pyridine rings is 1. The molecule has 0 spiro atoms. The molecule has 82 valence electrons. The number of hydrogen-bond acceptors (Lipinski definition) is 4. The van der Waals surface area contributed by atoms with E-state index in [0.717, 1.165) is 28.3 Å². The summed E-state index contributed by atoms with van der Waals surface area (Å²) in [5.74, 6) is 2.62. The Hall–Kier alpha value is -1.49. The third kappa shape index (κ3) is 1.39. The molecule has 0 unspecified atom stereocenters. The van der Waals surface area contributed by atoms with Gasteiger partial charge in [-0.25, -0.2) is 4.98 Å². The van der Waals surface area contributed by atoms with Crippen molar-refractivity contribution in [2.45, 2.75) is 18.4 Å². The lowest BCUT2D eigenvalue weighted by atomic mass is 10.3. The zero-order valence-electron chi connectivity index (χ0n) is 8.84. The third-order valence-corrected chi connectivity index (χ3v) is 3.61. The Kier molecular flexibility index (Phi) is 2.14. The zero-order chi connectivity index (χ0) is 11.1. The van der Waals surface area contributed by atoms with Crippen molar-refractivity contribution in [3.63, 3.8) is 0 Å². The maximum atomic E-state index is 10.0. The van der Waals surface area contributed by atoms with E-state index in [1.165, 1.54) is 4.68 Å². The summed E-state index contributed by atoms with van der Waals surface area (Å²) in [6.07, 6.45) is 1.77. The van der Waals surface area contributed by atoms with Crippen LogP contribution in [0.1, 0.15) is 16.8 Å². The van der Waals surface area contributed by atoms with Crippen LogP contribution in [-0.4, -0.2) is 19.9 Å². The zero-order valence-corrected chi connectivity index (χ0v) is 9.66. The fraction of sp³-hybridized carbons (Fsp3) is 0.273. The minimum Gasteiger partial charge on any atom is -0.493 e. The second-order valence-corrected chi connectivity index (χ2v) is 4.83. The maximum absolute atomic E-state index is 10.0. The average Bonchev–Trinajstić information content (AvgIpc) is 2.84. The summed E-state index contributed by atoms with van der Waals surface area (Å²) in [5.41, 5.74) is 3.02. The van der Waals surface area contributed by atoms with Crippen LogP contribution in [0.25, 0.3) is 5.82 Å². The van der Waals surface area contributed by atoms with Gasteiger partial charge in [0, 0.05) is 23.3 Å². The van der Waals surface area contributed by atoms with E-state index in [1.807, 2.05) is 19.1 Å². The van der Waals surface area contributed by atoms with E-state index in [4.69, 9.17) is 0 Å². The van der Waals surface area contributed by atoms with Gasteiger partial charge in [0.1, 0.15) is 0 Å². The topological polar surface area (TPSA) is 50.9 Å². The second-order valence-electron chi connectivity index (χ2n) is 3.85. The molecule has 1 aliphatic rings. The third-order valence-electron chi connectivity index (χ3n) is 2.64. The quantitative estimate of drug-likeness (QED) is 0.818. The molecular weight excluding hydrogens is 222 g/mol. The van der Waals surface area contributed by atoms with E-state index in [0.29, 0.717) is 5.82 Å². The number of aryl methyl sites for hydroxylation is 1. The Morgan fingerprint density at radius 2 is 2.25 bits per heavy atom. The van der Waals surface area contributed by atoms with Gasteiger partial charge in [-0.15, -0.1) is 0 Å². The Balaban J connectivity index is 2.10. The molecule has 0 saturated heterocycles. The van der Waals surface area contributed by atoms with Gasteiger partial charge in [-0.3, -0.25) is 0 Å². The molecule has 4 nitrogen and oxygen atoms in total. The molecule has 0 aliphatic carbocycles. The Morgan fingerprint density at radius 1 is 1.38 bits per heavy atom. The van der Waals surface area contributed by atoms with Crippen molar-refractivity contribution in [3.8, 4) is 11.7 Å². The molecule has 0 amide bonds. The van der Waals surface area contributed by atoms with Crippen LogP contribution in [0, 0.1) is 6.92 Å². The molecule has 0 bridgehead atoms. The Labute approximate surface area is 97.3 Å². The number of nitrogens with zero attached hydrogens (tertiary/aromatic N) is 3. The van der Waals surface area contributed by atoms with Crippen LogP contribution >= 0.6 is 11.8 Å². The van der Waals surface area contributed by atoms with Gasteiger partial charge in [0.2, 0.25) is 5.88 Å². The highest BCUT2D eigenvalue weighted by Gasteiger charge is 2.23. The Bertz CT molecular complexity index is 533. The summed E-state index contributed by atoms with van der Waals surface area (Å²) >= 11 is 1.77. The minimum atomic E-state index is 0.233. The standard InChI is InChI=1S/C11H11N3OS/c1-7-2-3-10(12-4-7)14-11(15)8-5-16-6-9(8)13-14/h2-4,15H,5-6H2,1H3. The van der Waals surface area contributed by atoms with Gasteiger partial charge in [0.25, 0.3) is 0 Å². The van der Waals surface area contributed by atoms with Gasteiger partial charge in [0.15, 0.2) is 5.82 Å². The summed E-state index contributed by atoms with van der Waals surface area (Å²) in [4.78, 5) is 4.26. The first-order valence-corrected chi connectivity index (χ1v) is 6.21. The summed E-state index contributed by atoms with van der Waals surface area (Å²) < 4.78 is 1.52. The molecular formula is C11H11N3OS. The predicted octanol–water partition coefficient (Wildman–Crippen LogP) is 2.03. The molecule has 1 aliphatic heterocycles. The van der Waals surface area contributed by atoms with Gasteiger partial charge in [-0.1, -0.05) is 6.07 Å². The molecule has 0 aromatic carbocycles. The lowest BCUT2D eigenvalue weighted by Crippen LogP contribution is -1.99. The molecule has 1 N–H and O–H groups in total. The van der Waals surface area contributed by atoms with Gasteiger partial charge in [-0.2, -0.15) is 21.5 Å². The predicted molar refractivity (Wildman–Crippen MR) is 62.8 cm³/mol. The van der Waals surface area contributed by atoms with E-state index < -0.39 is 0 Å². The second kappa shape index (κ2) is 3.52. The van der Waals surface area contributed by atoms with Gasteiger partial charge < -0.3 is 5.11 Å². The van der Waals surface area contributed by atoms with Crippen molar-refractivity contribution >= 4 is 11.8 Å². The Morgan fingerprint density at radius 3 is 2.94 bits per heavy atom. The van der Waals surface area contributed by atoms with Crippen molar-refractivity contribution in [1.29, 1.82) is 0 Å². The summed E-state index contributed by atoms with van der Waals surface area (Å²) in [6, 6.07) is 3.83. The molecule has 0 saturated carbocycles. The van der Waals surface area contributed by atoms with Crippen LogP contribution in [-0.2, 0) is 11.5 Å². The molecule has 2 aromatic rings. The van der Waals surface area contributed by atoms with Crippen molar-refractivity contribution < 1.29 is 5.11 Å². The van der Waals surface area contributed by atoms with Crippen molar-refractivity contribution in [2.24, 2.45) is 0 Å². The normalized spacial score (nSPS) is 14.1. The van der Waals surface area contributed by atoms with Crippen LogP contribution < -0.4 is 0 Å². The smallest absolute Gasteiger partial charge is 0.220 e. The van der Waals surface area contributed by atoms with E-state index >= 15 is 0 Å². The number of hydrogen-bond donors (Lipinski definition) is 1. The van der Waals surface area contributed by atoms with E-state index in [-0.39, 0.29) is 5.88 Å². The monoisotopic (exact) mass is 233 g/mol. The molecule has 0 fully saturated rings. The van der Waals surface area contributed by atoms with E-state index in [1.54, 1.807) is 18.0 Å². The van der Waals surface area contributed by atoms with E-state index in [9.17, 15) is 5.11 Å². The molecule has 0 radical (unpaired) electrons. The molecule has 3 heterocycles. The van der Waals surface area contributed by atoms with Crippen LogP contribution in [0.5, 0.6) is 5.88 Å². The first-order valence-electron chi connectivity index (χ1n) is 5.06. The molecule has 5 heteroatoms. The lowest BCUT2D eigenvalue weighted by molar-refractivity contribution is 0.428. The summed E-state index contributed by atoms with van der Waals surface area (Å²) in [7, 11) is 0. The van der Waals surface area contributed by atoms with Gasteiger partial charge >= 0.3 is 0 Å². The summed E-state index contributed by atoms with van der Waals surface area (Å²) in [6.45, 7) is 1.98. The van der Waals surface area contributed by atoms with Crippen LogP contribution in [0.2, 0.25) is 0 Å². The van der Waals surface area contributed by atoms with Gasteiger partial charge in [0.05, 0.1) is 5.69 Å². The molecule has 3 rings (SSSR count). The number of rotatable bonds is 1. The highest BCUT2D eigenvalue weighted by atomic mass is 32.2. The van der Waals surface area contributed by atoms with E-state index in [2.05, 4.69) is 10.1 Å². The lowest BCUT2D eigenvalue weighted by Gasteiger charge is -2.03. The molecule has 2 aromatic heterocycles. The summed E-state index contributed by atoms with van der Waals surface area (Å²) in [5, 5.41) is 14.4. The van der Waals surface area contributed by atoms with Crippen LogP contribution in [0.15, 0.2) is 18.3 Å². The number of aromatic nitrogens is 3. The van der Waals surface area contributed by atoms with Crippen LogP contribution in [0.3, 0.4) is 0 Å². The van der Waals surface area contributed by atoms with Crippen molar-refractivity contribution in [2.75, 3.05) is 0 Å². The van der Waals surface area contributed by atoms with Crippen LogP contribution in [0.4, 0.5) is 0 Å². The van der Waals surface area contributed by atoms with Gasteiger partial charge in [-0.05, 0) is 18.6 Å². The first-order chi connectivity index (χ1) is 7.75. The largest absolute Gasteiger partial charge is 0.493 e. The average molecular weight is 233 g/mol. The van der Waals surface area contributed by atoms with Crippen molar-refractivity contribution in [1.82, 2.24) is 14.8 Å².